The van der Waals surface area contributed by atoms with Gasteiger partial charge in [0.2, 0.25) is 11.8 Å². The van der Waals surface area contributed by atoms with Gasteiger partial charge in [0.15, 0.2) is 11.5 Å². The number of fused-ring (bicyclic) bond motifs is 2. The van der Waals surface area contributed by atoms with Gasteiger partial charge in [-0.1, -0.05) is 12.1 Å². The molecule has 3 aromatic rings. The van der Waals surface area contributed by atoms with Crippen molar-refractivity contribution in [2.24, 2.45) is 0 Å². The van der Waals surface area contributed by atoms with E-state index in [1.54, 1.807) is 13.8 Å². The van der Waals surface area contributed by atoms with Gasteiger partial charge in [-0.15, -0.1) is 0 Å². The first kappa shape index (κ1) is 19.0. The number of furan rings is 1. The molecule has 0 unspecified atom stereocenters. The molecule has 2 aromatic heterocycles. The number of aryl methyl sites for hydroxylation is 2. The fourth-order valence-corrected chi connectivity index (χ4v) is 3.51. The number of aromatic amines is 1. The summed E-state index contributed by atoms with van der Waals surface area (Å²) in [5.74, 6) is 1.79. The van der Waals surface area contributed by atoms with Crippen LogP contribution < -0.4 is 20.3 Å². The molecule has 0 fully saturated rings. The molecule has 0 aliphatic carbocycles. The standard InChI is InChI=1S/C20H22N4O5/c1-11-17-12(2)28-20(18(17)19(26)23-22-11)21-16(25)9-24(3)8-13-10-27-14-6-4-5-7-15(14)29-13/h4-7,13H,8-10H2,1-3H3,(H,21,25)(H,23,26)/t13-/m0/s1. The Hall–Kier alpha value is -3.33. The van der Waals surface area contributed by atoms with E-state index in [1.165, 1.54) is 0 Å². The molecular formula is C20H22N4O5. The van der Waals surface area contributed by atoms with E-state index < -0.39 is 5.56 Å². The molecule has 1 aromatic carbocycles. The third kappa shape index (κ3) is 3.81. The van der Waals surface area contributed by atoms with Gasteiger partial charge in [-0.25, -0.2) is 5.10 Å². The topological polar surface area (TPSA) is 110 Å². The molecule has 0 saturated carbocycles. The van der Waals surface area contributed by atoms with Gasteiger partial charge in [-0.3, -0.25) is 19.8 Å². The van der Waals surface area contributed by atoms with E-state index in [9.17, 15) is 9.59 Å². The van der Waals surface area contributed by atoms with Crippen LogP contribution in [0.5, 0.6) is 11.5 Å². The summed E-state index contributed by atoms with van der Waals surface area (Å²) in [7, 11) is 1.82. The molecule has 9 nitrogen and oxygen atoms in total. The van der Waals surface area contributed by atoms with Gasteiger partial charge in [0, 0.05) is 6.54 Å². The predicted molar refractivity (Wildman–Crippen MR) is 107 cm³/mol. The van der Waals surface area contributed by atoms with Crippen molar-refractivity contribution < 1.29 is 18.7 Å². The third-order valence-corrected chi connectivity index (χ3v) is 4.75. The van der Waals surface area contributed by atoms with Crippen molar-refractivity contribution in [2.45, 2.75) is 20.0 Å². The van der Waals surface area contributed by atoms with Crippen molar-refractivity contribution >= 4 is 22.6 Å². The van der Waals surface area contributed by atoms with Crippen LogP contribution in [-0.4, -0.2) is 53.9 Å². The Kier molecular flexibility index (Phi) is 4.98. The Morgan fingerprint density at radius 2 is 2.03 bits per heavy atom. The zero-order valence-corrected chi connectivity index (χ0v) is 16.4. The Morgan fingerprint density at radius 1 is 1.28 bits per heavy atom. The molecule has 1 aliphatic heterocycles. The second-order valence-corrected chi connectivity index (χ2v) is 7.12. The molecular weight excluding hydrogens is 376 g/mol. The van der Waals surface area contributed by atoms with E-state index in [-0.39, 0.29) is 24.4 Å². The van der Waals surface area contributed by atoms with E-state index in [4.69, 9.17) is 13.9 Å². The molecule has 4 rings (SSSR count). The molecule has 1 atom stereocenters. The molecule has 0 saturated heterocycles. The summed E-state index contributed by atoms with van der Waals surface area (Å²) in [5, 5.41) is 9.96. The number of carbonyl (C=O) groups is 1. The number of aromatic nitrogens is 2. The Morgan fingerprint density at radius 3 is 2.83 bits per heavy atom. The lowest BCUT2D eigenvalue weighted by molar-refractivity contribution is -0.117. The number of amides is 1. The lowest BCUT2D eigenvalue weighted by Gasteiger charge is -2.29. The minimum Gasteiger partial charge on any atom is -0.486 e. The van der Waals surface area contributed by atoms with Crippen LogP contribution in [0.25, 0.3) is 10.8 Å². The summed E-state index contributed by atoms with van der Waals surface area (Å²) in [5.41, 5.74) is 0.228. The molecule has 1 amide bonds. The highest BCUT2D eigenvalue weighted by Gasteiger charge is 2.23. The summed E-state index contributed by atoms with van der Waals surface area (Å²) in [4.78, 5) is 26.5. The largest absolute Gasteiger partial charge is 0.486 e. The highest BCUT2D eigenvalue weighted by molar-refractivity contribution is 6.01. The zero-order chi connectivity index (χ0) is 20.5. The Bertz CT molecular complexity index is 1120. The maximum absolute atomic E-state index is 12.5. The summed E-state index contributed by atoms with van der Waals surface area (Å²) >= 11 is 0. The van der Waals surface area contributed by atoms with Gasteiger partial charge in [0.25, 0.3) is 5.56 Å². The average molecular weight is 398 g/mol. The summed E-state index contributed by atoms with van der Waals surface area (Å²) in [6, 6.07) is 7.49. The predicted octanol–water partition coefficient (Wildman–Crippen LogP) is 1.84. The maximum Gasteiger partial charge on any atom is 0.277 e. The number of ether oxygens (including phenoxy) is 2. The van der Waals surface area contributed by atoms with Gasteiger partial charge >= 0.3 is 0 Å². The van der Waals surface area contributed by atoms with Crippen LogP contribution in [0.15, 0.2) is 33.5 Å². The Balaban J connectivity index is 1.40. The summed E-state index contributed by atoms with van der Waals surface area (Å²) in [6.45, 7) is 4.52. The fraction of sp³-hybridized carbons (Fsp3) is 0.350. The highest BCUT2D eigenvalue weighted by Crippen LogP contribution is 2.31. The van der Waals surface area contributed by atoms with Crippen molar-refractivity contribution in [1.29, 1.82) is 0 Å². The Labute approximate surface area is 166 Å². The SMILES string of the molecule is Cc1n[nH]c(=O)c2c(NC(=O)CN(C)C[C@H]3COc4ccccc4O3)oc(C)c12. The number of nitrogens with one attached hydrogen (secondary N) is 2. The normalized spacial score (nSPS) is 15.7. The number of para-hydroxylation sites is 2. The minimum absolute atomic E-state index is 0.102. The molecule has 29 heavy (non-hydrogen) atoms. The molecule has 152 valence electrons. The van der Waals surface area contributed by atoms with Crippen LogP contribution in [0.3, 0.4) is 0 Å². The molecule has 2 N–H and O–H groups in total. The number of rotatable bonds is 5. The van der Waals surface area contributed by atoms with Crippen LogP contribution in [0.4, 0.5) is 5.88 Å². The molecule has 0 radical (unpaired) electrons. The van der Waals surface area contributed by atoms with E-state index in [2.05, 4.69) is 15.5 Å². The first-order valence-corrected chi connectivity index (χ1v) is 9.27. The van der Waals surface area contributed by atoms with Gasteiger partial charge in [0.05, 0.1) is 17.6 Å². The summed E-state index contributed by atoms with van der Waals surface area (Å²) < 4.78 is 17.2. The summed E-state index contributed by atoms with van der Waals surface area (Å²) in [6.07, 6.45) is -0.189. The fourth-order valence-electron chi connectivity index (χ4n) is 3.51. The molecule has 3 heterocycles. The molecule has 0 bridgehead atoms. The zero-order valence-electron chi connectivity index (χ0n) is 16.4. The van der Waals surface area contributed by atoms with Gasteiger partial charge < -0.3 is 13.9 Å². The number of H-pyrrole nitrogens is 1. The number of nitrogens with zero attached hydrogens (tertiary/aromatic N) is 2. The van der Waals surface area contributed by atoms with Crippen LogP contribution in [0, 0.1) is 13.8 Å². The number of hydrogen-bond donors (Lipinski definition) is 2. The lowest BCUT2D eigenvalue weighted by Crippen LogP contribution is -2.42. The molecule has 1 aliphatic rings. The number of anilines is 1. The molecule has 9 heteroatoms. The first-order chi connectivity index (χ1) is 13.9. The van der Waals surface area contributed by atoms with Gasteiger partial charge in [-0.05, 0) is 33.0 Å². The number of benzene rings is 1. The van der Waals surface area contributed by atoms with Crippen molar-refractivity contribution in [3.8, 4) is 11.5 Å². The van der Waals surface area contributed by atoms with Crippen molar-refractivity contribution in [2.75, 3.05) is 32.1 Å². The van der Waals surface area contributed by atoms with E-state index in [1.807, 2.05) is 36.2 Å². The van der Waals surface area contributed by atoms with Crippen molar-refractivity contribution in [1.82, 2.24) is 15.1 Å². The third-order valence-electron chi connectivity index (χ3n) is 4.75. The highest BCUT2D eigenvalue weighted by atomic mass is 16.6. The van der Waals surface area contributed by atoms with E-state index in [0.717, 1.165) is 5.75 Å². The van der Waals surface area contributed by atoms with Crippen LogP contribution in [0.2, 0.25) is 0 Å². The monoisotopic (exact) mass is 398 g/mol. The van der Waals surface area contributed by atoms with Crippen LogP contribution >= 0.6 is 0 Å². The van der Waals surface area contributed by atoms with Crippen LogP contribution in [0.1, 0.15) is 11.5 Å². The second-order valence-electron chi connectivity index (χ2n) is 7.12. The first-order valence-electron chi connectivity index (χ1n) is 9.27. The van der Waals surface area contributed by atoms with E-state index in [0.29, 0.717) is 41.1 Å². The number of hydrogen-bond acceptors (Lipinski definition) is 7. The van der Waals surface area contributed by atoms with Crippen LogP contribution in [-0.2, 0) is 4.79 Å². The smallest absolute Gasteiger partial charge is 0.277 e. The quantitative estimate of drug-likeness (QED) is 0.675. The van der Waals surface area contributed by atoms with Gasteiger partial charge in [-0.2, -0.15) is 5.10 Å². The average Bonchev–Trinajstić information content (AvgIpc) is 3.01. The van der Waals surface area contributed by atoms with Crippen molar-refractivity contribution in [3.05, 3.63) is 46.1 Å². The second kappa shape index (κ2) is 7.59. The lowest BCUT2D eigenvalue weighted by atomic mass is 10.2. The van der Waals surface area contributed by atoms with E-state index >= 15 is 0 Å². The van der Waals surface area contributed by atoms with Gasteiger partial charge in [0.1, 0.15) is 23.9 Å². The molecule has 0 spiro atoms. The van der Waals surface area contributed by atoms with Crippen molar-refractivity contribution in [3.63, 3.8) is 0 Å². The number of carbonyl (C=O) groups excluding carboxylic acids is 1. The number of likely N-dealkylation sites (N-methyl/N-ethyl adjacent to an activating group) is 1. The maximum atomic E-state index is 12.5. The minimum atomic E-state index is -0.405.